The van der Waals surface area contributed by atoms with Crippen molar-refractivity contribution < 1.29 is 18.7 Å². The van der Waals surface area contributed by atoms with Crippen molar-refractivity contribution in [1.29, 1.82) is 0 Å². The summed E-state index contributed by atoms with van der Waals surface area (Å²) in [7, 11) is 0. The number of rotatable bonds is 3. The Kier molecular flexibility index (Phi) is 2.55. The van der Waals surface area contributed by atoms with Crippen LogP contribution in [0.3, 0.4) is 0 Å². The molecule has 2 aromatic rings. The number of halogens is 2. The molecule has 1 heterocycles. The lowest BCUT2D eigenvalue weighted by atomic mass is 10.2. The highest BCUT2D eigenvalue weighted by atomic mass is 19.3. The summed E-state index contributed by atoms with van der Waals surface area (Å²) >= 11 is 0. The van der Waals surface area contributed by atoms with Gasteiger partial charge in [0.1, 0.15) is 5.52 Å². The van der Waals surface area contributed by atoms with E-state index in [1.165, 1.54) is 23.0 Å². The third kappa shape index (κ3) is 1.73. The SMILES string of the molecule is O=C(O)c1cccc2c1ncn2CC(F)F. The number of aromatic carboxylic acids is 1. The highest BCUT2D eigenvalue weighted by molar-refractivity contribution is 6.00. The van der Waals surface area contributed by atoms with Gasteiger partial charge in [0.05, 0.1) is 24.0 Å². The van der Waals surface area contributed by atoms with Gasteiger partial charge in [0.25, 0.3) is 6.43 Å². The zero-order valence-electron chi connectivity index (χ0n) is 8.10. The zero-order chi connectivity index (χ0) is 11.7. The van der Waals surface area contributed by atoms with Crippen molar-refractivity contribution in [2.75, 3.05) is 0 Å². The summed E-state index contributed by atoms with van der Waals surface area (Å²) in [5.74, 6) is -1.12. The summed E-state index contributed by atoms with van der Waals surface area (Å²) in [6, 6.07) is 4.47. The van der Waals surface area contributed by atoms with Crippen molar-refractivity contribution >= 4 is 17.0 Å². The third-order valence-corrected chi connectivity index (χ3v) is 2.22. The number of imidazole rings is 1. The van der Waals surface area contributed by atoms with Crippen molar-refractivity contribution in [1.82, 2.24) is 9.55 Å². The first-order valence-electron chi connectivity index (χ1n) is 4.55. The van der Waals surface area contributed by atoms with E-state index in [9.17, 15) is 13.6 Å². The summed E-state index contributed by atoms with van der Waals surface area (Å²) in [6.45, 7) is -0.487. The van der Waals surface area contributed by atoms with Crippen LogP contribution < -0.4 is 0 Å². The monoisotopic (exact) mass is 226 g/mol. The van der Waals surface area contributed by atoms with E-state index in [1.807, 2.05) is 0 Å². The third-order valence-electron chi connectivity index (χ3n) is 2.22. The molecule has 0 amide bonds. The molecule has 0 radical (unpaired) electrons. The lowest BCUT2D eigenvalue weighted by molar-refractivity contribution is 0.0699. The van der Waals surface area contributed by atoms with E-state index >= 15 is 0 Å². The fraction of sp³-hybridized carbons (Fsp3) is 0.200. The summed E-state index contributed by atoms with van der Waals surface area (Å²) in [6.07, 6.45) is -1.27. The van der Waals surface area contributed by atoms with Crippen LogP contribution in [0.15, 0.2) is 24.5 Å². The van der Waals surface area contributed by atoms with Crippen LogP contribution in [0.5, 0.6) is 0 Å². The molecule has 0 aliphatic rings. The summed E-state index contributed by atoms with van der Waals surface area (Å²) in [4.78, 5) is 14.7. The maximum Gasteiger partial charge on any atom is 0.337 e. The molecular weight excluding hydrogens is 218 g/mol. The fourth-order valence-corrected chi connectivity index (χ4v) is 1.56. The van der Waals surface area contributed by atoms with Gasteiger partial charge in [-0.1, -0.05) is 6.07 Å². The van der Waals surface area contributed by atoms with E-state index in [4.69, 9.17) is 5.11 Å². The Labute approximate surface area is 89.1 Å². The number of para-hydroxylation sites is 1. The highest BCUT2D eigenvalue weighted by Gasteiger charge is 2.13. The molecule has 84 valence electrons. The lowest BCUT2D eigenvalue weighted by Crippen LogP contribution is -2.05. The number of alkyl halides is 2. The van der Waals surface area contributed by atoms with Gasteiger partial charge in [-0.3, -0.25) is 0 Å². The average molecular weight is 226 g/mol. The second-order valence-corrected chi connectivity index (χ2v) is 3.27. The van der Waals surface area contributed by atoms with Gasteiger partial charge in [-0.25, -0.2) is 18.6 Å². The number of carbonyl (C=O) groups is 1. The van der Waals surface area contributed by atoms with E-state index in [2.05, 4.69) is 4.98 Å². The molecular formula is C10H8F2N2O2. The number of hydrogen-bond acceptors (Lipinski definition) is 2. The molecule has 0 aliphatic heterocycles. The summed E-state index contributed by atoms with van der Waals surface area (Å²) in [5.41, 5.74) is 0.654. The van der Waals surface area contributed by atoms with Crippen molar-refractivity contribution in [3.05, 3.63) is 30.1 Å². The number of nitrogens with zero attached hydrogens (tertiary/aromatic N) is 2. The largest absolute Gasteiger partial charge is 0.478 e. The Balaban J connectivity index is 2.57. The summed E-state index contributed by atoms with van der Waals surface area (Å²) < 4.78 is 25.7. The van der Waals surface area contributed by atoms with Gasteiger partial charge in [-0.2, -0.15) is 0 Å². The van der Waals surface area contributed by atoms with E-state index in [-0.39, 0.29) is 11.1 Å². The van der Waals surface area contributed by atoms with Crippen LogP contribution in [0.1, 0.15) is 10.4 Å². The van der Waals surface area contributed by atoms with E-state index in [0.29, 0.717) is 5.52 Å². The topological polar surface area (TPSA) is 55.1 Å². The first-order chi connectivity index (χ1) is 7.59. The number of carboxylic acids is 1. The Morgan fingerprint density at radius 1 is 1.50 bits per heavy atom. The number of hydrogen-bond donors (Lipinski definition) is 1. The molecule has 1 N–H and O–H groups in total. The predicted octanol–water partition coefficient (Wildman–Crippen LogP) is 2.00. The van der Waals surface area contributed by atoms with E-state index in [0.717, 1.165) is 0 Å². The van der Waals surface area contributed by atoms with Crippen molar-refractivity contribution in [2.24, 2.45) is 0 Å². The second kappa shape index (κ2) is 3.88. The first kappa shape index (κ1) is 10.5. The minimum Gasteiger partial charge on any atom is -0.478 e. The molecule has 0 aliphatic carbocycles. The van der Waals surface area contributed by atoms with Gasteiger partial charge in [0, 0.05) is 0 Å². The van der Waals surface area contributed by atoms with Crippen LogP contribution in [0.2, 0.25) is 0 Å². The van der Waals surface area contributed by atoms with Crippen LogP contribution in [-0.2, 0) is 6.54 Å². The second-order valence-electron chi connectivity index (χ2n) is 3.27. The molecule has 1 aromatic carbocycles. The standard InChI is InChI=1S/C10H8F2N2O2/c11-8(12)4-14-5-13-9-6(10(15)16)2-1-3-7(9)14/h1-3,5,8H,4H2,(H,15,16). The first-order valence-corrected chi connectivity index (χ1v) is 4.55. The number of fused-ring (bicyclic) bond motifs is 1. The lowest BCUT2D eigenvalue weighted by Gasteiger charge is -2.02. The Bertz CT molecular complexity index is 537. The van der Waals surface area contributed by atoms with Crippen LogP contribution >= 0.6 is 0 Å². The molecule has 0 unspecified atom stereocenters. The number of carboxylic acid groups (broad SMARTS) is 1. The zero-order valence-corrected chi connectivity index (χ0v) is 8.10. The molecule has 0 bridgehead atoms. The molecule has 16 heavy (non-hydrogen) atoms. The van der Waals surface area contributed by atoms with Crippen LogP contribution in [0, 0.1) is 0 Å². The van der Waals surface area contributed by atoms with Gasteiger partial charge >= 0.3 is 5.97 Å². The number of aromatic nitrogens is 2. The molecule has 0 saturated heterocycles. The smallest absolute Gasteiger partial charge is 0.337 e. The molecule has 0 saturated carbocycles. The van der Waals surface area contributed by atoms with Crippen molar-refractivity contribution in [3.8, 4) is 0 Å². The minimum absolute atomic E-state index is 0.0190. The Hall–Kier alpha value is -1.98. The molecule has 4 nitrogen and oxygen atoms in total. The average Bonchev–Trinajstić information content (AvgIpc) is 2.60. The van der Waals surface area contributed by atoms with Crippen LogP contribution in [0.4, 0.5) is 8.78 Å². The van der Waals surface area contributed by atoms with Crippen molar-refractivity contribution in [3.63, 3.8) is 0 Å². The molecule has 0 spiro atoms. The molecule has 1 aromatic heterocycles. The van der Waals surface area contributed by atoms with E-state index < -0.39 is 18.9 Å². The van der Waals surface area contributed by atoms with Gasteiger partial charge < -0.3 is 9.67 Å². The Morgan fingerprint density at radius 2 is 2.25 bits per heavy atom. The van der Waals surface area contributed by atoms with Gasteiger partial charge in [-0.15, -0.1) is 0 Å². The normalized spacial score (nSPS) is 11.2. The van der Waals surface area contributed by atoms with Crippen molar-refractivity contribution in [2.45, 2.75) is 13.0 Å². The molecule has 6 heteroatoms. The number of benzene rings is 1. The maximum absolute atomic E-state index is 12.2. The van der Waals surface area contributed by atoms with E-state index in [1.54, 1.807) is 6.07 Å². The molecule has 0 atom stereocenters. The van der Waals surface area contributed by atoms with Gasteiger partial charge in [0.15, 0.2) is 0 Å². The summed E-state index contributed by atoms with van der Waals surface area (Å²) in [5, 5.41) is 8.88. The molecule has 0 fully saturated rings. The maximum atomic E-state index is 12.2. The quantitative estimate of drug-likeness (QED) is 0.870. The van der Waals surface area contributed by atoms with Gasteiger partial charge in [-0.05, 0) is 12.1 Å². The van der Waals surface area contributed by atoms with Crippen LogP contribution in [0.25, 0.3) is 11.0 Å². The Morgan fingerprint density at radius 3 is 2.88 bits per heavy atom. The van der Waals surface area contributed by atoms with Crippen LogP contribution in [-0.4, -0.2) is 27.1 Å². The molecule has 2 rings (SSSR count). The predicted molar refractivity (Wildman–Crippen MR) is 52.7 cm³/mol. The fourth-order valence-electron chi connectivity index (χ4n) is 1.56. The van der Waals surface area contributed by atoms with Gasteiger partial charge in [0.2, 0.25) is 0 Å². The highest BCUT2D eigenvalue weighted by Crippen LogP contribution is 2.18. The minimum atomic E-state index is -2.49.